The second-order valence-corrected chi connectivity index (χ2v) is 8.24. The fourth-order valence-corrected chi connectivity index (χ4v) is 4.53. The summed E-state index contributed by atoms with van der Waals surface area (Å²) in [6, 6.07) is 13.3. The zero-order valence-electron chi connectivity index (χ0n) is 15.6. The summed E-state index contributed by atoms with van der Waals surface area (Å²) >= 11 is 13.3. The van der Waals surface area contributed by atoms with E-state index in [1.165, 1.54) is 6.21 Å². The fraction of sp³-hybridized carbons (Fsp3) is 0.150. The van der Waals surface area contributed by atoms with Crippen LogP contribution in [0.15, 0.2) is 56.5 Å². The molecule has 6 nitrogen and oxygen atoms in total. The number of carbonyl (C=O) groups excluding carboxylic acids is 1. The summed E-state index contributed by atoms with van der Waals surface area (Å²) in [7, 11) is 0. The molecule has 0 aliphatic rings. The topological polar surface area (TPSA) is 68.5 Å². The Morgan fingerprint density at radius 1 is 1.24 bits per heavy atom. The van der Waals surface area contributed by atoms with E-state index in [-0.39, 0.29) is 6.61 Å². The normalized spacial score (nSPS) is 11.1. The molecule has 150 valence electrons. The van der Waals surface area contributed by atoms with Crippen molar-refractivity contribution in [3.8, 4) is 11.4 Å². The molecule has 0 saturated heterocycles. The molecule has 1 heterocycles. The molecule has 3 aromatic rings. The van der Waals surface area contributed by atoms with E-state index < -0.39 is 5.91 Å². The minimum Gasteiger partial charge on any atom is -0.481 e. The first-order chi connectivity index (χ1) is 13.9. The first-order valence-electron chi connectivity index (χ1n) is 8.57. The highest BCUT2D eigenvalue weighted by Gasteiger charge is 2.13. The van der Waals surface area contributed by atoms with Crippen molar-refractivity contribution in [2.75, 3.05) is 6.61 Å². The zero-order valence-corrected chi connectivity index (χ0v) is 19.5. The van der Waals surface area contributed by atoms with Crippen molar-refractivity contribution < 1.29 is 9.53 Å². The summed E-state index contributed by atoms with van der Waals surface area (Å²) in [5, 5.41) is 8.81. The van der Waals surface area contributed by atoms with Gasteiger partial charge >= 0.3 is 0 Å². The van der Waals surface area contributed by atoms with Gasteiger partial charge in [-0.3, -0.25) is 4.79 Å². The molecule has 3 rings (SSSR count). The molecule has 0 radical (unpaired) electrons. The lowest BCUT2D eigenvalue weighted by atomic mass is 10.2. The van der Waals surface area contributed by atoms with Crippen LogP contribution in [0.25, 0.3) is 5.69 Å². The molecule has 29 heavy (non-hydrogen) atoms. The summed E-state index contributed by atoms with van der Waals surface area (Å²) in [6.45, 7) is 3.60. The van der Waals surface area contributed by atoms with Crippen LogP contribution in [0, 0.1) is 13.8 Å². The molecule has 0 aliphatic heterocycles. The van der Waals surface area contributed by atoms with Crippen LogP contribution in [0.2, 0.25) is 5.15 Å². The van der Waals surface area contributed by atoms with Crippen LogP contribution < -0.4 is 10.2 Å². The smallest absolute Gasteiger partial charge is 0.277 e. The third-order valence-electron chi connectivity index (χ3n) is 3.92. The number of hydrogen-bond acceptors (Lipinski definition) is 4. The Kier molecular flexibility index (Phi) is 7.10. The monoisotopic (exact) mass is 538 g/mol. The highest BCUT2D eigenvalue weighted by atomic mass is 79.9. The summed E-state index contributed by atoms with van der Waals surface area (Å²) < 4.78 is 8.72. The number of halogens is 3. The van der Waals surface area contributed by atoms with Crippen molar-refractivity contribution >= 4 is 55.6 Å². The van der Waals surface area contributed by atoms with Gasteiger partial charge < -0.3 is 4.74 Å². The van der Waals surface area contributed by atoms with Crippen molar-refractivity contribution in [2.45, 2.75) is 13.8 Å². The number of benzene rings is 2. The maximum atomic E-state index is 12.1. The molecule has 0 bridgehead atoms. The van der Waals surface area contributed by atoms with Crippen LogP contribution in [-0.2, 0) is 4.79 Å². The van der Waals surface area contributed by atoms with Gasteiger partial charge in [0.1, 0.15) is 10.9 Å². The molecule has 2 aromatic carbocycles. The minimum absolute atomic E-state index is 0.187. The summed E-state index contributed by atoms with van der Waals surface area (Å²) in [5.74, 6) is 0.155. The third-order valence-corrected chi connectivity index (χ3v) is 5.46. The van der Waals surface area contributed by atoms with E-state index in [1.54, 1.807) is 4.68 Å². The molecule has 1 N–H and O–H groups in total. The Hall–Kier alpha value is -2.16. The van der Waals surface area contributed by atoms with Gasteiger partial charge in [-0.1, -0.05) is 29.8 Å². The summed E-state index contributed by atoms with van der Waals surface area (Å²) in [6.07, 6.45) is 1.47. The number of aryl methyl sites for hydroxylation is 2. The van der Waals surface area contributed by atoms with Gasteiger partial charge in [-0.25, -0.2) is 10.1 Å². The molecule has 0 aliphatic carbocycles. The Morgan fingerprint density at radius 2 is 1.90 bits per heavy atom. The molecule has 0 saturated carbocycles. The number of carbonyl (C=O) groups is 1. The van der Waals surface area contributed by atoms with Gasteiger partial charge in [-0.15, -0.1) is 0 Å². The number of aromatic nitrogens is 2. The van der Waals surface area contributed by atoms with Gasteiger partial charge in [0.05, 0.1) is 32.1 Å². The molecule has 1 amide bonds. The predicted molar refractivity (Wildman–Crippen MR) is 121 cm³/mol. The molecular weight excluding hydrogens is 524 g/mol. The third kappa shape index (κ3) is 5.26. The van der Waals surface area contributed by atoms with Gasteiger partial charge in [-0.05, 0) is 75.5 Å². The summed E-state index contributed by atoms with van der Waals surface area (Å²) in [4.78, 5) is 12.1. The predicted octanol–water partition coefficient (Wildman–Crippen LogP) is 5.20. The molecular formula is C20H17Br2ClN4O2. The number of ether oxygens (including phenoxy) is 1. The van der Waals surface area contributed by atoms with Crippen LogP contribution in [-0.4, -0.2) is 28.5 Å². The Bertz CT molecular complexity index is 1040. The zero-order chi connectivity index (χ0) is 21.0. The fourth-order valence-electron chi connectivity index (χ4n) is 2.56. The average molecular weight is 541 g/mol. The van der Waals surface area contributed by atoms with Crippen molar-refractivity contribution in [2.24, 2.45) is 5.10 Å². The molecule has 0 spiro atoms. The number of nitrogens with one attached hydrogen (secondary N) is 1. The first-order valence-corrected chi connectivity index (χ1v) is 10.5. The number of nitrogens with zero attached hydrogens (tertiary/aromatic N) is 3. The van der Waals surface area contributed by atoms with Crippen molar-refractivity contribution in [3.05, 3.63) is 73.4 Å². The van der Waals surface area contributed by atoms with E-state index in [0.29, 0.717) is 22.2 Å². The standard InChI is InChI=1S/C20H17Br2ClN4O2/c1-12-8-16(21)19(17(22)9-12)29-11-18(28)25-24-10-15-13(2)26-27(20(15)23)14-6-4-3-5-7-14/h3-10H,11H2,1-2H3,(H,25,28)/b24-10+. The minimum atomic E-state index is -0.398. The van der Waals surface area contributed by atoms with Crippen molar-refractivity contribution in [3.63, 3.8) is 0 Å². The highest BCUT2D eigenvalue weighted by Crippen LogP contribution is 2.34. The lowest BCUT2D eigenvalue weighted by Gasteiger charge is -2.10. The van der Waals surface area contributed by atoms with Crippen LogP contribution >= 0.6 is 43.5 Å². The van der Waals surface area contributed by atoms with Crippen LogP contribution in [0.4, 0.5) is 0 Å². The van der Waals surface area contributed by atoms with Crippen LogP contribution in [0.5, 0.6) is 5.75 Å². The summed E-state index contributed by atoms with van der Waals surface area (Å²) in [5.41, 5.74) is 5.66. The quantitative estimate of drug-likeness (QED) is 0.345. The van der Waals surface area contributed by atoms with E-state index in [0.717, 1.165) is 20.2 Å². The van der Waals surface area contributed by atoms with E-state index >= 15 is 0 Å². The Morgan fingerprint density at radius 3 is 2.55 bits per heavy atom. The van der Waals surface area contributed by atoms with Gasteiger partial charge in [0.2, 0.25) is 0 Å². The average Bonchev–Trinajstić information content (AvgIpc) is 2.96. The van der Waals surface area contributed by atoms with Gasteiger partial charge in [-0.2, -0.15) is 10.2 Å². The molecule has 1 aromatic heterocycles. The molecule has 0 fully saturated rings. The molecule has 9 heteroatoms. The number of hydrazone groups is 1. The molecule has 0 atom stereocenters. The molecule has 0 unspecified atom stereocenters. The lowest BCUT2D eigenvalue weighted by Crippen LogP contribution is -2.24. The second kappa shape index (κ2) is 9.56. The Labute approximate surface area is 190 Å². The van der Waals surface area contributed by atoms with E-state index in [2.05, 4.69) is 47.5 Å². The van der Waals surface area contributed by atoms with E-state index in [4.69, 9.17) is 16.3 Å². The first kappa shape index (κ1) is 21.5. The van der Waals surface area contributed by atoms with Crippen LogP contribution in [0.3, 0.4) is 0 Å². The number of para-hydroxylation sites is 1. The van der Waals surface area contributed by atoms with E-state index in [1.807, 2.05) is 56.3 Å². The number of hydrogen-bond donors (Lipinski definition) is 1. The van der Waals surface area contributed by atoms with Gasteiger partial charge in [0, 0.05) is 0 Å². The van der Waals surface area contributed by atoms with Crippen molar-refractivity contribution in [1.29, 1.82) is 0 Å². The maximum Gasteiger partial charge on any atom is 0.277 e. The van der Waals surface area contributed by atoms with Crippen LogP contribution in [0.1, 0.15) is 16.8 Å². The largest absolute Gasteiger partial charge is 0.481 e. The van der Waals surface area contributed by atoms with E-state index in [9.17, 15) is 4.79 Å². The second-order valence-electron chi connectivity index (χ2n) is 6.18. The van der Waals surface area contributed by atoms with Gasteiger partial charge in [0.25, 0.3) is 5.91 Å². The van der Waals surface area contributed by atoms with Gasteiger partial charge in [0.15, 0.2) is 6.61 Å². The SMILES string of the molecule is Cc1cc(Br)c(OCC(=O)N/N=C/c2c(C)nn(-c3ccccc3)c2Cl)c(Br)c1. The maximum absolute atomic E-state index is 12.1. The Balaban J connectivity index is 1.63. The highest BCUT2D eigenvalue weighted by molar-refractivity contribution is 9.11. The number of rotatable bonds is 6. The lowest BCUT2D eigenvalue weighted by molar-refractivity contribution is -0.123. The van der Waals surface area contributed by atoms with Crippen molar-refractivity contribution in [1.82, 2.24) is 15.2 Å². The number of amides is 1.